The maximum Gasteiger partial charge on any atom is 0.226 e. The molecule has 0 bridgehead atoms. The molecule has 0 aromatic heterocycles. The Hall–Kier alpha value is -2.40. The molecule has 1 amide bonds. The maximum absolute atomic E-state index is 12.0. The molecule has 0 saturated carbocycles. The molecule has 0 spiro atoms. The molecule has 24 heavy (non-hydrogen) atoms. The predicted octanol–water partition coefficient (Wildman–Crippen LogP) is 3.92. The smallest absolute Gasteiger partial charge is 0.226 e. The lowest BCUT2D eigenvalue weighted by atomic mass is 10.1. The summed E-state index contributed by atoms with van der Waals surface area (Å²) in [4.78, 5) is 12.0. The Morgan fingerprint density at radius 2 is 1.92 bits per heavy atom. The first-order valence-corrected chi connectivity index (χ1v) is 8.46. The predicted molar refractivity (Wildman–Crippen MR) is 101 cm³/mol. The number of hydrogen-bond acceptors (Lipinski definition) is 3. The fourth-order valence-corrected chi connectivity index (χ4v) is 2.37. The van der Waals surface area contributed by atoms with Crippen LogP contribution in [0.2, 0.25) is 0 Å². The lowest BCUT2D eigenvalue weighted by molar-refractivity contribution is -0.119. The van der Waals surface area contributed by atoms with Gasteiger partial charge in [-0.1, -0.05) is 43.3 Å². The number of carbonyl (C=O) groups is 1. The first-order valence-electron chi connectivity index (χ1n) is 8.05. The van der Waals surface area contributed by atoms with E-state index in [1.165, 1.54) is 0 Å². The molecule has 0 unspecified atom stereocenters. The van der Waals surface area contributed by atoms with E-state index < -0.39 is 0 Å². The highest BCUT2D eigenvalue weighted by Gasteiger charge is 2.06. The summed E-state index contributed by atoms with van der Waals surface area (Å²) in [7, 11) is 0. The normalized spacial score (nSPS) is 10.0. The molecule has 0 aliphatic heterocycles. The van der Waals surface area contributed by atoms with E-state index in [1.54, 1.807) is 0 Å². The summed E-state index contributed by atoms with van der Waals surface area (Å²) in [5, 5.41) is 6.00. The Balaban J connectivity index is 1.79. The molecule has 0 atom stereocenters. The van der Waals surface area contributed by atoms with Gasteiger partial charge in [-0.3, -0.25) is 4.79 Å². The molecule has 0 heterocycles. The van der Waals surface area contributed by atoms with Gasteiger partial charge in [0.1, 0.15) is 5.75 Å². The van der Waals surface area contributed by atoms with Gasteiger partial charge < -0.3 is 15.4 Å². The lowest BCUT2D eigenvalue weighted by Crippen LogP contribution is -2.34. The van der Waals surface area contributed by atoms with Gasteiger partial charge in [-0.15, -0.1) is 0 Å². The van der Waals surface area contributed by atoms with E-state index in [0.717, 1.165) is 23.4 Å². The third-order valence-corrected chi connectivity index (χ3v) is 3.51. The molecule has 5 heteroatoms. The van der Waals surface area contributed by atoms with Crippen LogP contribution in [0.4, 0.5) is 5.69 Å². The van der Waals surface area contributed by atoms with Crippen molar-refractivity contribution >= 4 is 28.9 Å². The van der Waals surface area contributed by atoms with Gasteiger partial charge in [0.2, 0.25) is 5.91 Å². The van der Waals surface area contributed by atoms with E-state index in [9.17, 15) is 4.79 Å². The van der Waals surface area contributed by atoms with Crippen molar-refractivity contribution in [3.8, 4) is 5.75 Å². The molecule has 0 aliphatic rings. The number of benzene rings is 2. The van der Waals surface area contributed by atoms with Crippen molar-refractivity contribution in [1.82, 2.24) is 5.32 Å². The minimum Gasteiger partial charge on any atom is -0.494 e. The average Bonchev–Trinajstić information content (AvgIpc) is 2.59. The first-order chi connectivity index (χ1) is 11.7. The molecule has 0 aliphatic carbocycles. The van der Waals surface area contributed by atoms with Crippen molar-refractivity contribution in [3.63, 3.8) is 0 Å². The fraction of sp³-hybridized carbons (Fsp3) is 0.263. The molecule has 126 valence electrons. The van der Waals surface area contributed by atoms with Crippen molar-refractivity contribution in [2.24, 2.45) is 0 Å². The van der Waals surface area contributed by atoms with Crippen molar-refractivity contribution < 1.29 is 9.53 Å². The van der Waals surface area contributed by atoms with Crippen LogP contribution in [0.5, 0.6) is 5.75 Å². The Morgan fingerprint density at radius 3 is 2.67 bits per heavy atom. The third kappa shape index (κ3) is 6.38. The molecule has 2 rings (SSSR count). The largest absolute Gasteiger partial charge is 0.494 e. The summed E-state index contributed by atoms with van der Waals surface area (Å²) < 4.78 is 5.58. The van der Waals surface area contributed by atoms with Crippen molar-refractivity contribution in [3.05, 3.63) is 60.2 Å². The number of aryl methyl sites for hydroxylation is 1. The molecule has 2 aromatic carbocycles. The first kappa shape index (κ1) is 17.9. The highest BCUT2D eigenvalue weighted by molar-refractivity contribution is 7.80. The Morgan fingerprint density at radius 1 is 1.12 bits per heavy atom. The minimum atomic E-state index is -0.102. The van der Waals surface area contributed by atoms with Crippen LogP contribution >= 0.6 is 12.2 Å². The summed E-state index contributed by atoms with van der Waals surface area (Å²) in [6, 6.07) is 17.4. The number of thiocarbonyl (C=S) groups is 1. The zero-order valence-corrected chi connectivity index (χ0v) is 14.6. The third-order valence-electron chi connectivity index (χ3n) is 3.30. The van der Waals surface area contributed by atoms with Gasteiger partial charge >= 0.3 is 0 Å². The summed E-state index contributed by atoms with van der Waals surface area (Å²) in [6.45, 7) is 2.73. The Bertz CT molecular complexity index is 674. The van der Waals surface area contributed by atoms with E-state index >= 15 is 0 Å². The van der Waals surface area contributed by atoms with Crippen LogP contribution in [0.3, 0.4) is 0 Å². The van der Waals surface area contributed by atoms with Gasteiger partial charge in [0, 0.05) is 18.2 Å². The number of amides is 1. The van der Waals surface area contributed by atoms with Crippen LogP contribution in [0, 0.1) is 0 Å². The summed E-state index contributed by atoms with van der Waals surface area (Å²) in [5.41, 5.74) is 1.92. The van der Waals surface area contributed by atoms with Crippen LogP contribution < -0.4 is 15.4 Å². The van der Waals surface area contributed by atoms with Crippen LogP contribution in [-0.2, 0) is 11.2 Å². The molecule has 2 N–H and O–H groups in total. The molecule has 0 radical (unpaired) electrons. The second-order valence-corrected chi connectivity index (χ2v) is 5.77. The quantitative estimate of drug-likeness (QED) is 0.749. The molecule has 4 nitrogen and oxygen atoms in total. The number of anilines is 1. The van der Waals surface area contributed by atoms with E-state index in [0.29, 0.717) is 24.6 Å². The van der Waals surface area contributed by atoms with Crippen LogP contribution in [0.1, 0.15) is 25.3 Å². The molecular formula is C19H22N2O2S. The van der Waals surface area contributed by atoms with E-state index in [-0.39, 0.29) is 5.91 Å². The zero-order valence-electron chi connectivity index (χ0n) is 13.7. The average molecular weight is 342 g/mol. The SMILES string of the molecule is CCCOc1cccc(NC(=S)NC(=O)CCc2ccccc2)c1. The topological polar surface area (TPSA) is 50.4 Å². The molecule has 0 fully saturated rings. The van der Waals surface area contributed by atoms with Gasteiger partial charge in [-0.05, 0) is 42.8 Å². The molecular weight excluding hydrogens is 320 g/mol. The number of rotatable bonds is 7. The van der Waals surface area contributed by atoms with Gasteiger partial charge in [0.05, 0.1) is 6.61 Å². The zero-order chi connectivity index (χ0) is 17.2. The van der Waals surface area contributed by atoms with E-state index in [2.05, 4.69) is 17.6 Å². The van der Waals surface area contributed by atoms with Crippen molar-refractivity contribution in [2.75, 3.05) is 11.9 Å². The molecule has 0 saturated heterocycles. The van der Waals surface area contributed by atoms with E-state index in [4.69, 9.17) is 17.0 Å². The summed E-state index contributed by atoms with van der Waals surface area (Å²) in [6.07, 6.45) is 2.04. The second kappa shape index (κ2) is 9.67. The maximum atomic E-state index is 12.0. The monoisotopic (exact) mass is 342 g/mol. The second-order valence-electron chi connectivity index (χ2n) is 5.36. The number of ether oxygens (including phenoxy) is 1. The van der Waals surface area contributed by atoms with E-state index in [1.807, 2.05) is 54.6 Å². The summed E-state index contributed by atoms with van der Waals surface area (Å²) >= 11 is 5.19. The lowest BCUT2D eigenvalue weighted by Gasteiger charge is -2.11. The highest BCUT2D eigenvalue weighted by atomic mass is 32.1. The van der Waals surface area contributed by atoms with Crippen LogP contribution in [0.25, 0.3) is 0 Å². The van der Waals surface area contributed by atoms with Crippen LogP contribution in [-0.4, -0.2) is 17.6 Å². The summed E-state index contributed by atoms with van der Waals surface area (Å²) in [5.74, 6) is 0.676. The van der Waals surface area contributed by atoms with Gasteiger partial charge in [-0.2, -0.15) is 0 Å². The standard InChI is InChI=1S/C19H22N2O2S/c1-2-13-23-17-10-6-9-16(14-17)20-19(24)21-18(22)12-11-15-7-4-3-5-8-15/h3-10,14H,2,11-13H2,1H3,(H2,20,21,22,24). The Kier molecular flexibility index (Phi) is 7.23. The van der Waals surface area contributed by atoms with Gasteiger partial charge in [0.15, 0.2) is 5.11 Å². The number of hydrogen-bond donors (Lipinski definition) is 2. The van der Waals surface area contributed by atoms with Gasteiger partial charge in [-0.25, -0.2) is 0 Å². The van der Waals surface area contributed by atoms with Gasteiger partial charge in [0.25, 0.3) is 0 Å². The van der Waals surface area contributed by atoms with Crippen molar-refractivity contribution in [1.29, 1.82) is 0 Å². The fourth-order valence-electron chi connectivity index (χ4n) is 2.14. The molecule has 2 aromatic rings. The minimum absolute atomic E-state index is 0.102. The number of nitrogens with one attached hydrogen (secondary N) is 2. The highest BCUT2D eigenvalue weighted by Crippen LogP contribution is 2.17. The van der Waals surface area contributed by atoms with Crippen molar-refractivity contribution in [2.45, 2.75) is 26.2 Å². The van der Waals surface area contributed by atoms with Crippen LogP contribution in [0.15, 0.2) is 54.6 Å². The Labute approximate surface area is 148 Å². The number of carbonyl (C=O) groups excluding carboxylic acids is 1.